The van der Waals surface area contributed by atoms with Crippen molar-refractivity contribution in [3.05, 3.63) is 95.9 Å². The molecule has 3 aromatic carbocycles. The molecule has 0 spiro atoms. The summed E-state index contributed by atoms with van der Waals surface area (Å²) in [6.07, 6.45) is 1.29. The van der Waals surface area contributed by atoms with Crippen LogP contribution in [0.2, 0.25) is 5.02 Å². The third kappa shape index (κ3) is 7.39. The molecule has 0 atom stereocenters. The molecule has 0 aliphatic carbocycles. The fourth-order valence-corrected chi connectivity index (χ4v) is 4.41. The summed E-state index contributed by atoms with van der Waals surface area (Å²) in [5.41, 5.74) is 0.524. The van der Waals surface area contributed by atoms with Crippen molar-refractivity contribution in [2.75, 3.05) is 17.2 Å². The third-order valence-electron chi connectivity index (χ3n) is 4.49. The summed E-state index contributed by atoms with van der Waals surface area (Å²) in [6, 6.07) is 17.0. The molecule has 2 amide bonds. The van der Waals surface area contributed by atoms with Crippen LogP contribution >= 0.6 is 43.5 Å². The van der Waals surface area contributed by atoms with Crippen molar-refractivity contribution in [2.45, 2.75) is 0 Å². The molecule has 0 bridgehead atoms. The van der Waals surface area contributed by atoms with Gasteiger partial charge in [-0.05, 0) is 64.5 Å². The summed E-state index contributed by atoms with van der Waals surface area (Å²) in [4.78, 5) is 35.4. The van der Waals surface area contributed by atoms with Crippen LogP contribution in [-0.4, -0.2) is 23.3 Å². The molecule has 0 unspecified atom stereocenters. The molecule has 9 nitrogen and oxygen atoms in total. The Labute approximate surface area is 227 Å². The zero-order chi connectivity index (χ0) is 26.2. The molecule has 3 rings (SSSR count). The van der Waals surface area contributed by atoms with Gasteiger partial charge >= 0.3 is 0 Å². The van der Waals surface area contributed by atoms with Crippen molar-refractivity contribution in [3.63, 3.8) is 0 Å². The van der Waals surface area contributed by atoms with E-state index in [1.165, 1.54) is 30.3 Å². The van der Waals surface area contributed by atoms with Gasteiger partial charge < -0.3 is 15.4 Å². The molecular weight excluding hydrogens is 620 g/mol. The number of nitro groups is 1. The molecule has 2 N–H and O–H groups in total. The lowest BCUT2D eigenvalue weighted by atomic mass is 10.1. The first-order chi connectivity index (χ1) is 17.2. The Hall–Kier alpha value is -3.72. The molecule has 0 heterocycles. The highest BCUT2D eigenvalue weighted by Gasteiger charge is 2.16. The standard InChI is InChI=1S/C24H15Br2ClN4O5/c25-16-9-14(8-15(12-28)24(33)30-19-2-1-3-20(11-19)31(34)35)23(21(26)10-16)36-13-22(32)29-18-6-4-17(27)5-7-18/h1-11H,13H2,(H,29,32)(H,30,33)/b15-8-. The lowest BCUT2D eigenvalue weighted by molar-refractivity contribution is -0.384. The number of nitrogens with one attached hydrogen (secondary N) is 2. The number of nitriles is 1. The largest absolute Gasteiger partial charge is 0.482 e. The molecule has 0 radical (unpaired) electrons. The van der Waals surface area contributed by atoms with Gasteiger partial charge in [0.2, 0.25) is 0 Å². The minimum absolute atomic E-state index is 0.154. The van der Waals surface area contributed by atoms with Crippen LogP contribution in [0.1, 0.15) is 5.56 Å². The van der Waals surface area contributed by atoms with Crippen molar-refractivity contribution in [1.82, 2.24) is 0 Å². The summed E-state index contributed by atoms with van der Waals surface area (Å²) >= 11 is 12.6. The van der Waals surface area contributed by atoms with E-state index in [-0.39, 0.29) is 29.3 Å². The number of rotatable bonds is 8. The number of carbonyl (C=O) groups excluding carboxylic acids is 2. The molecule has 0 fully saturated rings. The fourth-order valence-electron chi connectivity index (χ4n) is 2.91. The van der Waals surface area contributed by atoms with Gasteiger partial charge in [0, 0.05) is 38.6 Å². The summed E-state index contributed by atoms with van der Waals surface area (Å²) in [5, 5.41) is 26.2. The van der Waals surface area contributed by atoms with E-state index in [1.807, 2.05) is 6.07 Å². The minimum atomic E-state index is -0.777. The molecule has 3 aromatic rings. The second-order valence-electron chi connectivity index (χ2n) is 7.08. The number of non-ortho nitro benzene ring substituents is 1. The van der Waals surface area contributed by atoms with Gasteiger partial charge in [-0.25, -0.2) is 0 Å². The zero-order valence-electron chi connectivity index (χ0n) is 18.1. The highest BCUT2D eigenvalue weighted by molar-refractivity contribution is 9.11. The molecule has 182 valence electrons. The van der Waals surface area contributed by atoms with Gasteiger partial charge in [-0.1, -0.05) is 33.6 Å². The normalized spacial score (nSPS) is 10.8. The average Bonchev–Trinajstić information content (AvgIpc) is 2.83. The van der Waals surface area contributed by atoms with E-state index in [9.17, 15) is 25.0 Å². The van der Waals surface area contributed by atoms with Gasteiger partial charge in [0.05, 0.1) is 9.40 Å². The predicted octanol–water partition coefficient (Wildman–Crippen LogP) is 6.34. The quantitative estimate of drug-likeness (QED) is 0.129. The lowest BCUT2D eigenvalue weighted by Gasteiger charge is -2.13. The number of nitrogens with zero attached hydrogens (tertiary/aromatic N) is 2. The van der Waals surface area contributed by atoms with Gasteiger partial charge in [0.15, 0.2) is 6.61 Å². The van der Waals surface area contributed by atoms with Crippen molar-refractivity contribution < 1.29 is 19.2 Å². The number of ether oxygens (including phenoxy) is 1. The number of hydrogen-bond donors (Lipinski definition) is 2. The maximum atomic E-state index is 12.7. The van der Waals surface area contributed by atoms with Crippen molar-refractivity contribution >= 4 is 78.4 Å². The summed E-state index contributed by atoms with van der Waals surface area (Å²) in [5.74, 6) is -0.994. The number of anilines is 2. The van der Waals surface area contributed by atoms with E-state index < -0.39 is 16.7 Å². The van der Waals surface area contributed by atoms with Gasteiger partial charge in [-0.3, -0.25) is 19.7 Å². The van der Waals surface area contributed by atoms with Crippen LogP contribution in [0.25, 0.3) is 6.08 Å². The van der Waals surface area contributed by atoms with Crippen LogP contribution in [-0.2, 0) is 9.59 Å². The second-order valence-corrected chi connectivity index (χ2v) is 9.29. The topological polar surface area (TPSA) is 134 Å². The van der Waals surface area contributed by atoms with Crippen molar-refractivity contribution in [1.29, 1.82) is 5.26 Å². The highest BCUT2D eigenvalue weighted by Crippen LogP contribution is 2.34. The van der Waals surface area contributed by atoms with Gasteiger partial charge in [-0.2, -0.15) is 5.26 Å². The highest BCUT2D eigenvalue weighted by atomic mass is 79.9. The number of carbonyl (C=O) groups is 2. The van der Waals surface area contributed by atoms with Crippen LogP contribution in [0.5, 0.6) is 5.75 Å². The molecule has 0 aromatic heterocycles. The predicted molar refractivity (Wildman–Crippen MR) is 143 cm³/mol. The average molecular weight is 635 g/mol. The van der Waals surface area contributed by atoms with Gasteiger partial charge in [0.25, 0.3) is 17.5 Å². The van der Waals surface area contributed by atoms with Crippen molar-refractivity contribution in [2.24, 2.45) is 0 Å². The Kier molecular flexibility index (Phi) is 9.19. The van der Waals surface area contributed by atoms with Crippen molar-refractivity contribution in [3.8, 4) is 11.8 Å². The molecule has 12 heteroatoms. The number of nitro benzene ring substituents is 1. The van der Waals surface area contributed by atoms with E-state index >= 15 is 0 Å². The van der Waals surface area contributed by atoms with Crippen LogP contribution in [0.3, 0.4) is 0 Å². The smallest absolute Gasteiger partial charge is 0.271 e. The summed E-state index contributed by atoms with van der Waals surface area (Å²) in [6.45, 7) is -0.356. The number of halogens is 3. The molecular formula is C24H15Br2ClN4O5. The number of benzene rings is 3. The Morgan fingerprint density at radius 3 is 2.47 bits per heavy atom. The summed E-state index contributed by atoms with van der Waals surface area (Å²) < 4.78 is 6.79. The van der Waals surface area contributed by atoms with Crippen LogP contribution in [0.15, 0.2) is 75.2 Å². The molecule has 36 heavy (non-hydrogen) atoms. The van der Waals surface area contributed by atoms with Crippen LogP contribution < -0.4 is 15.4 Å². The summed E-state index contributed by atoms with van der Waals surface area (Å²) in [7, 11) is 0. The Bertz CT molecular complexity index is 1400. The fraction of sp³-hybridized carbons (Fsp3) is 0.0417. The first-order valence-electron chi connectivity index (χ1n) is 10.0. The monoisotopic (exact) mass is 632 g/mol. The second kappa shape index (κ2) is 12.3. The van der Waals surface area contributed by atoms with E-state index in [4.69, 9.17) is 16.3 Å². The molecule has 0 aliphatic heterocycles. The van der Waals surface area contributed by atoms with E-state index in [0.29, 0.717) is 25.2 Å². The van der Waals surface area contributed by atoms with E-state index in [2.05, 4.69) is 42.5 Å². The Balaban J connectivity index is 1.80. The zero-order valence-corrected chi connectivity index (χ0v) is 22.1. The maximum Gasteiger partial charge on any atom is 0.271 e. The third-order valence-corrected chi connectivity index (χ3v) is 5.79. The Morgan fingerprint density at radius 1 is 1.08 bits per heavy atom. The maximum absolute atomic E-state index is 12.7. The number of amides is 2. The van der Waals surface area contributed by atoms with Gasteiger partial charge in [-0.15, -0.1) is 0 Å². The first kappa shape index (κ1) is 26.9. The molecule has 0 aliphatic rings. The molecule has 0 saturated carbocycles. The Morgan fingerprint density at radius 2 is 1.81 bits per heavy atom. The van der Waals surface area contributed by atoms with E-state index in [0.717, 1.165) is 0 Å². The molecule has 0 saturated heterocycles. The minimum Gasteiger partial charge on any atom is -0.482 e. The number of hydrogen-bond acceptors (Lipinski definition) is 6. The van der Waals surface area contributed by atoms with Crippen LogP contribution in [0.4, 0.5) is 17.1 Å². The SMILES string of the molecule is N#C/C(=C/c1cc(Br)cc(Br)c1OCC(=O)Nc1ccc(Cl)cc1)C(=O)Nc1cccc([N+](=O)[O-])c1. The lowest BCUT2D eigenvalue weighted by Crippen LogP contribution is -2.20. The first-order valence-corrected chi connectivity index (χ1v) is 12.0. The van der Waals surface area contributed by atoms with Crippen LogP contribution in [0, 0.1) is 21.4 Å². The van der Waals surface area contributed by atoms with Gasteiger partial charge in [0.1, 0.15) is 17.4 Å². The van der Waals surface area contributed by atoms with E-state index in [1.54, 1.807) is 36.4 Å².